The molecule has 0 aromatic rings. The molecule has 0 aromatic carbocycles. The fourth-order valence-electron chi connectivity index (χ4n) is 2.73. The SMILES string of the molecule is CC(=O)N1CCC(OC(O)N2CCC(C)C2)CC1. The van der Waals surface area contributed by atoms with Crippen molar-refractivity contribution in [3.05, 3.63) is 0 Å². The van der Waals surface area contributed by atoms with Crippen molar-refractivity contribution in [1.82, 2.24) is 9.80 Å². The van der Waals surface area contributed by atoms with Crippen LogP contribution in [0.5, 0.6) is 0 Å². The maximum Gasteiger partial charge on any atom is 0.219 e. The molecule has 5 heteroatoms. The highest BCUT2D eigenvalue weighted by molar-refractivity contribution is 5.73. The third-order valence-corrected chi connectivity index (χ3v) is 3.97. The number of nitrogens with zero attached hydrogens (tertiary/aromatic N) is 2. The van der Waals surface area contributed by atoms with E-state index in [0.29, 0.717) is 5.92 Å². The molecule has 0 spiro atoms. The Kier molecular flexibility index (Phi) is 4.59. The molecule has 2 atom stereocenters. The van der Waals surface area contributed by atoms with E-state index >= 15 is 0 Å². The second-order valence-corrected chi connectivity index (χ2v) is 5.56. The first-order valence-electron chi connectivity index (χ1n) is 6.89. The van der Waals surface area contributed by atoms with Crippen molar-refractivity contribution in [2.24, 2.45) is 5.92 Å². The van der Waals surface area contributed by atoms with Gasteiger partial charge in [-0.1, -0.05) is 6.92 Å². The van der Waals surface area contributed by atoms with Crippen molar-refractivity contribution < 1.29 is 14.6 Å². The van der Waals surface area contributed by atoms with Crippen molar-refractivity contribution in [2.45, 2.75) is 45.6 Å². The predicted octanol–water partition coefficient (Wildman–Crippen LogP) is 0.632. The largest absolute Gasteiger partial charge is 0.356 e. The molecular formula is C13H24N2O3. The van der Waals surface area contributed by atoms with Crippen LogP contribution in [0.3, 0.4) is 0 Å². The zero-order chi connectivity index (χ0) is 13.1. The highest BCUT2D eigenvalue weighted by atomic mass is 16.6. The Labute approximate surface area is 109 Å². The smallest absolute Gasteiger partial charge is 0.219 e. The van der Waals surface area contributed by atoms with Crippen LogP contribution in [0.15, 0.2) is 0 Å². The summed E-state index contributed by atoms with van der Waals surface area (Å²) in [5, 5.41) is 10.0. The van der Waals surface area contributed by atoms with Gasteiger partial charge in [0.1, 0.15) is 0 Å². The van der Waals surface area contributed by atoms with Crippen LogP contribution in [0.1, 0.15) is 33.1 Å². The molecule has 2 aliphatic heterocycles. The number of carbonyl (C=O) groups is 1. The molecule has 2 saturated heterocycles. The highest BCUT2D eigenvalue weighted by Gasteiger charge is 2.29. The Morgan fingerprint density at radius 2 is 1.94 bits per heavy atom. The number of amides is 1. The highest BCUT2D eigenvalue weighted by Crippen LogP contribution is 2.21. The lowest BCUT2D eigenvalue weighted by Crippen LogP contribution is -2.44. The summed E-state index contributed by atoms with van der Waals surface area (Å²) in [7, 11) is 0. The number of aliphatic hydroxyl groups is 1. The lowest BCUT2D eigenvalue weighted by Gasteiger charge is -2.34. The van der Waals surface area contributed by atoms with Crippen molar-refractivity contribution in [3.8, 4) is 0 Å². The summed E-state index contributed by atoms with van der Waals surface area (Å²) in [6, 6.07) is 0. The first kappa shape index (κ1) is 13.8. The second kappa shape index (κ2) is 5.99. The van der Waals surface area contributed by atoms with Gasteiger partial charge < -0.3 is 14.7 Å². The number of likely N-dealkylation sites (tertiary alicyclic amines) is 2. The Morgan fingerprint density at radius 3 is 2.44 bits per heavy atom. The van der Waals surface area contributed by atoms with Crippen molar-refractivity contribution in [3.63, 3.8) is 0 Å². The normalized spacial score (nSPS) is 28.6. The minimum Gasteiger partial charge on any atom is -0.356 e. The van der Waals surface area contributed by atoms with Crippen LogP contribution in [-0.2, 0) is 9.53 Å². The maximum atomic E-state index is 11.2. The first-order valence-corrected chi connectivity index (χ1v) is 6.89. The Hall–Kier alpha value is -0.650. The lowest BCUT2D eigenvalue weighted by molar-refractivity contribution is -0.219. The number of hydrogen-bond donors (Lipinski definition) is 1. The van der Waals surface area contributed by atoms with Crippen LogP contribution in [0, 0.1) is 5.92 Å². The molecular weight excluding hydrogens is 232 g/mol. The summed E-state index contributed by atoms with van der Waals surface area (Å²) in [6.07, 6.45) is 2.07. The monoisotopic (exact) mass is 256 g/mol. The van der Waals surface area contributed by atoms with Crippen molar-refractivity contribution in [2.75, 3.05) is 26.2 Å². The Morgan fingerprint density at radius 1 is 1.28 bits per heavy atom. The van der Waals surface area contributed by atoms with Crippen LogP contribution < -0.4 is 0 Å². The van der Waals surface area contributed by atoms with E-state index in [0.717, 1.165) is 45.4 Å². The van der Waals surface area contributed by atoms with Gasteiger partial charge in [0.05, 0.1) is 6.10 Å². The van der Waals surface area contributed by atoms with Gasteiger partial charge in [-0.05, 0) is 25.2 Å². The third-order valence-electron chi connectivity index (χ3n) is 3.97. The molecule has 0 saturated carbocycles. The van der Waals surface area contributed by atoms with Gasteiger partial charge in [0, 0.05) is 33.1 Å². The molecule has 0 radical (unpaired) electrons. The molecule has 0 aliphatic carbocycles. The second-order valence-electron chi connectivity index (χ2n) is 5.56. The van der Waals surface area contributed by atoms with E-state index in [1.54, 1.807) is 6.92 Å². The summed E-state index contributed by atoms with van der Waals surface area (Å²) >= 11 is 0. The predicted molar refractivity (Wildman–Crippen MR) is 67.7 cm³/mol. The van der Waals surface area contributed by atoms with Crippen LogP contribution >= 0.6 is 0 Å². The molecule has 2 fully saturated rings. The number of carbonyl (C=O) groups excluding carboxylic acids is 1. The standard InChI is InChI=1S/C13H24N2O3/c1-10-3-6-15(9-10)13(17)18-12-4-7-14(8-5-12)11(2)16/h10,12-13,17H,3-9H2,1-2H3. The zero-order valence-electron chi connectivity index (χ0n) is 11.3. The molecule has 2 unspecified atom stereocenters. The molecule has 2 rings (SSSR count). The van der Waals surface area contributed by atoms with Gasteiger partial charge in [0.2, 0.25) is 12.3 Å². The molecule has 104 valence electrons. The topological polar surface area (TPSA) is 53.0 Å². The van der Waals surface area contributed by atoms with E-state index < -0.39 is 6.41 Å². The summed E-state index contributed by atoms with van der Waals surface area (Å²) in [4.78, 5) is 15.0. The van der Waals surface area contributed by atoms with Crippen molar-refractivity contribution >= 4 is 5.91 Å². The Bertz CT molecular complexity index is 290. The quantitative estimate of drug-likeness (QED) is 0.753. The lowest BCUT2D eigenvalue weighted by atomic mass is 10.1. The van der Waals surface area contributed by atoms with E-state index in [1.807, 2.05) is 9.80 Å². The van der Waals surface area contributed by atoms with Gasteiger partial charge in [-0.25, -0.2) is 0 Å². The number of hydrogen-bond acceptors (Lipinski definition) is 4. The number of ether oxygens (including phenoxy) is 1. The van der Waals surface area contributed by atoms with E-state index in [1.165, 1.54) is 0 Å². The number of rotatable bonds is 3. The number of piperidine rings is 1. The molecule has 5 nitrogen and oxygen atoms in total. The van der Waals surface area contributed by atoms with Gasteiger partial charge in [0.15, 0.2) is 0 Å². The van der Waals surface area contributed by atoms with E-state index in [9.17, 15) is 9.90 Å². The summed E-state index contributed by atoms with van der Waals surface area (Å²) in [5.41, 5.74) is 0. The average molecular weight is 256 g/mol. The fourth-order valence-corrected chi connectivity index (χ4v) is 2.73. The van der Waals surface area contributed by atoms with Gasteiger partial charge >= 0.3 is 0 Å². The van der Waals surface area contributed by atoms with Crippen LogP contribution in [0.4, 0.5) is 0 Å². The molecule has 18 heavy (non-hydrogen) atoms. The average Bonchev–Trinajstić information content (AvgIpc) is 2.76. The van der Waals surface area contributed by atoms with Crippen LogP contribution in [0.2, 0.25) is 0 Å². The van der Waals surface area contributed by atoms with Gasteiger partial charge in [-0.2, -0.15) is 0 Å². The first-order chi connectivity index (χ1) is 8.56. The molecule has 2 aliphatic rings. The zero-order valence-corrected chi connectivity index (χ0v) is 11.3. The molecule has 0 bridgehead atoms. The summed E-state index contributed by atoms with van der Waals surface area (Å²) in [6.45, 7) is 7.09. The molecule has 2 heterocycles. The van der Waals surface area contributed by atoms with Gasteiger partial charge in [0.25, 0.3) is 0 Å². The van der Waals surface area contributed by atoms with E-state index in [4.69, 9.17) is 4.74 Å². The van der Waals surface area contributed by atoms with Crippen LogP contribution in [0.25, 0.3) is 0 Å². The van der Waals surface area contributed by atoms with Gasteiger partial charge in [-0.3, -0.25) is 9.69 Å². The van der Waals surface area contributed by atoms with Crippen molar-refractivity contribution in [1.29, 1.82) is 0 Å². The summed E-state index contributed by atoms with van der Waals surface area (Å²) < 4.78 is 5.70. The fraction of sp³-hybridized carbons (Fsp3) is 0.923. The van der Waals surface area contributed by atoms with Gasteiger partial charge in [-0.15, -0.1) is 0 Å². The maximum absolute atomic E-state index is 11.2. The van der Waals surface area contributed by atoms with Crippen LogP contribution in [-0.4, -0.2) is 59.5 Å². The van der Waals surface area contributed by atoms with E-state index in [-0.39, 0.29) is 12.0 Å². The molecule has 1 amide bonds. The van der Waals surface area contributed by atoms with E-state index in [2.05, 4.69) is 6.92 Å². The summed E-state index contributed by atoms with van der Waals surface area (Å²) in [5.74, 6) is 0.769. The minimum absolute atomic E-state index is 0.0755. The number of aliphatic hydroxyl groups excluding tert-OH is 1. The Balaban J connectivity index is 1.72. The molecule has 0 aromatic heterocycles. The third kappa shape index (κ3) is 3.43. The molecule has 1 N–H and O–H groups in total. The minimum atomic E-state index is -0.774.